The first-order valence-corrected chi connectivity index (χ1v) is 12.5. The maximum Gasteiger partial charge on any atom is 0.289 e. The van der Waals surface area contributed by atoms with Gasteiger partial charge < -0.3 is 18.8 Å². The van der Waals surface area contributed by atoms with E-state index in [1.807, 2.05) is 0 Å². The van der Waals surface area contributed by atoms with Crippen molar-refractivity contribution in [3.8, 4) is 0 Å². The number of furan rings is 1. The second kappa shape index (κ2) is 9.03. The molecular formula is C25H22FN3O5S. The number of halogens is 1. The number of benzene rings is 2. The number of hydrogen-bond donors (Lipinski definition) is 0. The molecule has 0 atom stereocenters. The third-order valence-electron chi connectivity index (χ3n) is 6.12. The number of para-hydroxylation sites is 1. The first kappa shape index (κ1) is 22.9. The minimum atomic E-state index is -3.93. The van der Waals surface area contributed by atoms with E-state index < -0.39 is 15.7 Å². The summed E-state index contributed by atoms with van der Waals surface area (Å²) < 4.78 is 46.7. The monoisotopic (exact) mass is 495 g/mol. The summed E-state index contributed by atoms with van der Waals surface area (Å²) in [6.45, 7) is 1.44. The Hall–Kier alpha value is -3.92. The third kappa shape index (κ3) is 4.32. The molecule has 1 aliphatic heterocycles. The minimum Gasteiger partial charge on any atom is -0.459 e. The van der Waals surface area contributed by atoms with Crippen molar-refractivity contribution in [2.24, 2.45) is 0 Å². The SMILES string of the molecule is O=C(Cn1cc(S(=O)(=O)c2ccc(F)cc2)c2ccccc21)N1CCN(C(=O)c2ccco2)CC1. The molecule has 35 heavy (non-hydrogen) atoms. The van der Waals surface area contributed by atoms with Crippen LogP contribution in [0.4, 0.5) is 4.39 Å². The van der Waals surface area contributed by atoms with E-state index in [4.69, 9.17) is 4.42 Å². The van der Waals surface area contributed by atoms with Gasteiger partial charge in [-0.3, -0.25) is 9.59 Å². The van der Waals surface area contributed by atoms with Gasteiger partial charge in [-0.15, -0.1) is 0 Å². The summed E-state index contributed by atoms with van der Waals surface area (Å²) in [6, 6.07) is 14.9. The Bertz CT molecular complexity index is 1490. The standard InChI is InChI=1S/C25H22FN3O5S/c26-18-7-9-19(10-8-18)35(32,33)23-16-29(21-5-2-1-4-20(21)23)17-24(30)27-11-13-28(14-12-27)25(31)22-6-3-15-34-22/h1-10,15-16H,11-14,17H2. The lowest BCUT2D eigenvalue weighted by atomic mass is 10.2. The molecule has 180 valence electrons. The fourth-order valence-electron chi connectivity index (χ4n) is 4.26. The molecular weight excluding hydrogens is 473 g/mol. The quantitative estimate of drug-likeness (QED) is 0.397. The highest BCUT2D eigenvalue weighted by Crippen LogP contribution is 2.30. The summed E-state index contributed by atoms with van der Waals surface area (Å²) in [5.74, 6) is -0.655. The average Bonchev–Trinajstić information content (AvgIpc) is 3.53. The Labute approximate surface area is 201 Å². The van der Waals surface area contributed by atoms with Crippen LogP contribution < -0.4 is 0 Å². The average molecular weight is 496 g/mol. The topological polar surface area (TPSA) is 92.8 Å². The molecule has 0 aliphatic carbocycles. The maximum atomic E-state index is 13.3. The molecule has 0 unspecified atom stereocenters. The molecule has 2 aromatic carbocycles. The van der Waals surface area contributed by atoms with Gasteiger partial charge in [0.1, 0.15) is 12.4 Å². The van der Waals surface area contributed by atoms with Gasteiger partial charge in [-0.2, -0.15) is 0 Å². The molecule has 8 nitrogen and oxygen atoms in total. The highest BCUT2D eigenvalue weighted by atomic mass is 32.2. The number of aromatic nitrogens is 1. The van der Waals surface area contributed by atoms with E-state index in [1.165, 1.54) is 24.6 Å². The summed E-state index contributed by atoms with van der Waals surface area (Å²) in [7, 11) is -3.93. The second-order valence-electron chi connectivity index (χ2n) is 8.25. The van der Waals surface area contributed by atoms with Crippen LogP contribution in [-0.4, -0.2) is 60.8 Å². The van der Waals surface area contributed by atoms with E-state index in [9.17, 15) is 22.4 Å². The summed E-state index contributed by atoms with van der Waals surface area (Å²) in [6.07, 6.45) is 2.90. The van der Waals surface area contributed by atoms with Crippen molar-refractivity contribution in [1.29, 1.82) is 0 Å². The lowest BCUT2D eigenvalue weighted by Crippen LogP contribution is -2.51. The molecule has 1 aliphatic rings. The first-order chi connectivity index (χ1) is 16.8. The van der Waals surface area contributed by atoms with E-state index in [-0.39, 0.29) is 33.9 Å². The summed E-state index contributed by atoms with van der Waals surface area (Å²) in [5.41, 5.74) is 0.605. The molecule has 1 fully saturated rings. The molecule has 10 heteroatoms. The highest BCUT2D eigenvalue weighted by Gasteiger charge is 2.28. The molecule has 0 saturated carbocycles. The predicted octanol–water partition coefficient (Wildman–Crippen LogP) is 3.19. The highest BCUT2D eigenvalue weighted by molar-refractivity contribution is 7.91. The fraction of sp³-hybridized carbons (Fsp3) is 0.200. The zero-order chi connectivity index (χ0) is 24.6. The Morgan fingerprint density at radius 3 is 2.26 bits per heavy atom. The van der Waals surface area contributed by atoms with Crippen molar-refractivity contribution in [2.45, 2.75) is 16.3 Å². The van der Waals surface area contributed by atoms with Crippen molar-refractivity contribution in [2.75, 3.05) is 26.2 Å². The normalized spacial score (nSPS) is 14.4. The number of rotatable bonds is 5. The zero-order valence-corrected chi connectivity index (χ0v) is 19.4. The molecule has 2 aromatic heterocycles. The van der Waals surface area contributed by atoms with Gasteiger partial charge in [-0.25, -0.2) is 12.8 Å². The molecule has 0 N–H and O–H groups in total. The van der Waals surface area contributed by atoms with Gasteiger partial charge in [0, 0.05) is 43.3 Å². The van der Waals surface area contributed by atoms with Crippen LogP contribution in [0.2, 0.25) is 0 Å². The van der Waals surface area contributed by atoms with Crippen LogP contribution in [0.25, 0.3) is 10.9 Å². The number of piperazine rings is 1. The van der Waals surface area contributed by atoms with Crippen molar-refractivity contribution in [1.82, 2.24) is 14.4 Å². The maximum absolute atomic E-state index is 13.3. The molecule has 2 amide bonds. The Morgan fingerprint density at radius 1 is 0.886 bits per heavy atom. The van der Waals surface area contributed by atoms with Crippen LogP contribution in [0.3, 0.4) is 0 Å². The minimum absolute atomic E-state index is 0.0227. The van der Waals surface area contributed by atoms with Crippen LogP contribution in [0.1, 0.15) is 10.6 Å². The van der Waals surface area contributed by atoms with E-state index in [2.05, 4.69) is 0 Å². The molecule has 0 spiro atoms. The van der Waals surface area contributed by atoms with E-state index >= 15 is 0 Å². The lowest BCUT2D eigenvalue weighted by Gasteiger charge is -2.34. The molecule has 0 bridgehead atoms. The molecule has 5 rings (SSSR count). The van der Waals surface area contributed by atoms with E-state index in [1.54, 1.807) is 50.8 Å². The van der Waals surface area contributed by atoms with E-state index in [0.29, 0.717) is 37.1 Å². The van der Waals surface area contributed by atoms with E-state index in [0.717, 1.165) is 12.1 Å². The van der Waals surface area contributed by atoms with Crippen molar-refractivity contribution in [3.05, 3.63) is 84.7 Å². The summed E-state index contributed by atoms with van der Waals surface area (Å²) >= 11 is 0. The number of nitrogens with zero attached hydrogens (tertiary/aromatic N) is 3. The van der Waals surface area contributed by atoms with Crippen LogP contribution in [0.15, 0.2) is 87.3 Å². The summed E-state index contributed by atoms with van der Waals surface area (Å²) in [4.78, 5) is 28.9. The van der Waals surface area contributed by atoms with Gasteiger partial charge in [0.2, 0.25) is 15.7 Å². The number of carbonyl (C=O) groups excluding carboxylic acids is 2. The van der Waals surface area contributed by atoms with Gasteiger partial charge in [-0.1, -0.05) is 18.2 Å². The lowest BCUT2D eigenvalue weighted by molar-refractivity contribution is -0.133. The molecule has 4 aromatic rings. The number of sulfone groups is 1. The van der Waals surface area contributed by atoms with Crippen molar-refractivity contribution in [3.63, 3.8) is 0 Å². The van der Waals surface area contributed by atoms with Crippen molar-refractivity contribution >= 4 is 32.6 Å². The summed E-state index contributed by atoms with van der Waals surface area (Å²) in [5, 5.41) is 0.485. The number of amides is 2. The molecule has 1 saturated heterocycles. The zero-order valence-electron chi connectivity index (χ0n) is 18.6. The first-order valence-electron chi connectivity index (χ1n) is 11.0. The molecule has 0 radical (unpaired) electrons. The fourth-order valence-corrected chi connectivity index (χ4v) is 5.74. The molecule has 3 heterocycles. The van der Waals surface area contributed by atoms with Gasteiger partial charge >= 0.3 is 0 Å². The van der Waals surface area contributed by atoms with Crippen LogP contribution >= 0.6 is 0 Å². The number of fused-ring (bicyclic) bond motifs is 1. The van der Waals surface area contributed by atoms with Crippen LogP contribution in [0.5, 0.6) is 0 Å². The van der Waals surface area contributed by atoms with Crippen LogP contribution in [-0.2, 0) is 21.2 Å². The Morgan fingerprint density at radius 2 is 1.57 bits per heavy atom. The smallest absolute Gasteiger partial charge is 0.289 e. The Kier molecular flexibility index (Phi) is 5.89. The third-order valence-corrected chi connectivity index (χ3v) is 7.92. The predicted molar refractivity (Wildman–Crippen MR) is 125 cm³/mol. The van der Waals surface area contributed by atoms with Gasteiger partial charge in [-0.05, 0) is 42.5 Å². The van der Waals surface area contributed by atoms with Crippen LogP contribution in [0, 0.1) is 5.82 Å². The number of hydrogen-bond acceptors (Lipinski definition) is 5. The van der Waals surface area contributed by atoms with Gasteiger partial charge in [0.15, 0.2) is 5.76 Å². The van der Waals surface area contributed by atoms with Gasteiger partial charge in [0.05, 0.1) is 16.1 Å². The van der Waals surface area contributed by atoms with Crippen molar-refractivity contribution < 1.29 is 26.8 Å². The second-order valence-corrected chi connectivity index (χ2v) is 10.2. The Balaban J connectivity index is 1.35. The largest absolute Gasteiger partial charge is 0.459 e. The number of carbonyl (C=O) groups is 2. The van der Waals surface area contributed by atoms with Gasteiger partial charge in [0.25, 0.3) is 5.91 Å².